The Kier molecular flexibility index (Phi) is 3.21. The fourth-order valence-electron chi connectivity index (χ4n) is 2.71. The van der Waals surface area contributed by atoms with Gasteiger partial charge in [0.25, 0.3) is 0 Å². The molecule has 2 aromatic rings. The lowest BCUT2D eigenvalue weighted by atomic mass is 10.1. The second-order valence-corrected chi connectivity index (χ2v) is 5.50. The van der Waals surface area contributed by atoms with E-state index >= 15 is 0 Å². The van der Waals surface area contributed by atoms with Crippen molar-refractivity contribution in [2.24, 2.45) is 5.92 Å². The van der Waals surface area contributed by atoms with E-state index in [2.05, 4.69) is 9.88 Å². The predicted octanol–water partition coefficient (Wildman–Crippen LogP) is 2.73. The van der Waals surface area contributed by atoms with Crippen molar-refractivity contribution in [1.82, 2.24) is 9.88 Å². The van der Waals surface area contributed by atoms with Gasteiger partial charge in [-0.3, -0.25) is 9.69 Å². The van der Waals surface area contributed by atoms with Gasteiger partial charge in [0.1, 0.15) is 0 Å². The van der Waals surface area contributed by atoms with Gasteiger partial charge in [0.05, 0.1) is 5.92 Å². The minimum Gasteiger partial charge on any atom is -0.481 e. The summed E-state index contributed by atoms with van der Waals surface area (Å²) in [5.41, 5.74) is 2.22. The average Bonchev–Trinajstić information content (AvgIpc) is 2.97. The number of likely N-dealkylation sites (tertiary alicyclic amines) is 1. The molecular weight excluding hydrogens is 264 g/mol. The van der Waals surface area contributed by atoms with Crippen LogP contribution in [0.1, 0.15) is 12.0 Å². The lowest BCUT2D eigenvalue weighted by Crippen LogP contribution is -2.22. The normalized spacial score (nSPS) is 20.2. The first-order valence-electron chi connectivity index (χ1n) is 6.34. The number of carboxylic acids is 1. The van der Waals surface area contributed by atoms with E-state index in [-0.39, 0.29) is 5.92 Å². The zero-order valence-corrected chi connectivity index (χ0v) is 11.2. The molecule has 3 rings (SSSR count). The maximum Gasteiger partial charge on any atom is 0.307 e. The van der Waals surface area contributed by atoms with Gasteiger partial charge >= 0.3 is 5.97 Å². The summed E-state index contributed by atoms with van der Waals surface area (Å²) in [5.74, 6) is -0.909. The minimum absolute atomic E-state index is 0.223. The van der Waals surface area contributed by atoms with Crippen molar-refractivity contribution in [3.8, 4) is 0 Å². The molecule has 0 spiro atoms. The van der Waals surface area contributed by atoms with Crippen molar-refractivity contribution in [1.29, 1.82) is 0 Å². The highest BCUT2D eigenvalue weighted by molar-refractivity contribution is 6.31. The molecule has 1 fully saturated rings. The smallest absolute Gasteiger partial charge is 0.307 e. The van der Waals surface area contributed by atoms with Gasteiger partial charge in [-0.15, -0.1) is 0 Å². The van der Waals surface area contributed by atoms with E-state index in [1.807, 2.05) is 24.4 Å². The van der Waals surface area contributed by atoms with Gasteiger partial charge in [0.2, 0.25) is 0 Å². The first-order chi connectivity index (χ1) is 9.13. The van der Waals surface area contributed by atoms with Crippen molar-refractivity contribution in [3.05, 3.63) is 35.0 Å². The number of fused-ring (bicyclic) bond motifs is 1. The Morgan fingerprint density at radius 1 is 1.53 bits per heavy atom. The van der Waals surface area contributed by atoms with Gasteiger partial charge in [0, 0.05) is 35.2 Å². The largest absolute Gasteiger partial charge is 0.481 e. The zero-order chi connectivity index (χ0) is 13.4. The number of benzene rings is 1. The van der Waals surface area contributed by atoms with E-state index in [0.29, 0.717) is 11.6 Å². The number of carbonyl (C=O) groups is 1. The second-order valence-electron chi connectivity index (χ2n) is 5.06. The third-order valence-corrected chi connectivity index (χ3v) is 3.98. The van der Waals surface area contributed by atoms with Crippen LogP contribution in [0.4, 0.5) is 0 Å². The fourth-order valence-corrected chi connectivity index (χ4v) is 2.88. The highest BCUT2D eigenvalue weighted by Gasteiger charge is 2.28. The number of hydrogen-bond donors (Lipinski definition) is 2. The van der Waals surface area contributed by atoms with Crippen molar-refractivity contribution in [2.45, 2.75) is 13.0 Å². The predicted molar refractivity (Wildman–Crippen MR) is 74.3 cm³/mol. The van der Waals surface area contributed by atoms with E-state index in [0.717, 1.165) is 30.4 Å². The summed E-state index contributed by atoms with van der Waals surface area (Å²) in [7, 11) is 0. The summed E-state index contributed by atoms with van der Waals surface area (Å²) in [6.07, 6.45) is 2.72. The lowest BCUT2D eigenvalue weighted by molar-refractivity contribution is -0.141. The first kappa shape index (κ1) is 12.5. The Morgan fingerprint density at radius 2 is 2.37 bits per heavy atom. The summed E-state index contributed by atoms with van der Waals surface area (Å²) in [6, 6.07) is 5.80. The second kappa shape index (κ2) is 4.87. The number of carboxylic acid groups (broad SMARTS) is 1. The Balaban J connectivity index is 1.77. The Bertz CT molecular complexity index is 623. The molecule has 2 N–H and O–H groups in total. The molecule has 2 heterocycles. The topological polar surface area (TPSA) is 56.3 Å². The van der Waals surface area contributed by atoms with Gasteiger partial charge in [-0.2, -0.15) is 0 Å². The maximum absolute atomic E-state index is 11.0. The van der Waals surface area contributed by atoms with E-state index in [1.54, 1.807) is 0 Å². The molecular formula is C14H15ClN2O2. The van der Waals surface area contributed by atoms with Crippen molar-refractivity contribution in [2.75, 3.05) is 13.1 Å². The molecule has 5 heteroatoms. The lowest BCUT2D eigenvalue weighted by Gasteiger charge is -2.14. The number of nitrogens with one attached hydrogen (secondary N) is 1. The number of hydrogen-bond acceptors (Lipinski definition) is 2. The fraction of sp³-hybridized carbons (Fsp3) is 0.357. The number of aromatic amines is 1. The highest BCUT2D eigenvalue weighted by Crippen LogP contribution is 2.25. The molecule has 1 aromatic carbocycles. The zero-order valence-electron chi connectivity index (χ0n) is 10.4. The summed E-state index contributed by atoms with van der Waals surface area (Å²) in [4.78, 5) is 16.4. The summed E-state index contributed by atoms with van der Waals surface area (Å²) < 4.78 is 0. The molecule has 0 amide bonds. The molecule has 0 saturated carbocycles. The Morgan fingerprint density at radius 3 is 3.11 bits per heavy atom. The number of nitrogens with zero attached hydrogens (tertiary/aromatic N) is 1. The highest BCUT2D eigenvalue weighted by atomic mass is 35.5. The molecule has 1 aliphatic heterocycles. The van der Waals surface area contributed by atoms with Crippen molar-refractivity contribution >= 4 is 28.5 Å². The SMILES string of the molecule is O=C(O)C1CCN(Cc2c[nH]c3cc(Cl)ccc23)C1. The van der Waals surface area contributed by atoms with Crippen LogP contribution in [-0.4, -0.2) is 34.0 Å². The maximum atomic E-state index is 11.0. The first-order valence-corrected chi connectivity index (χ1v) is 6.72. The third-order valence-electron chi connectivity index (χ3n) is 3.75. The molecule has 19 heavy (non-hydrogen) atoms. The third kappa shape index (κ3) is 2.46. The van der Waals surface area contributed by atoms with Crippen LogP contribution in [0.2, 0.25) is 5.02 Å². The van der Waals surface area contributed by atoms with Crippen molar-refractivity contribution < 1.29 is 9.90 Å². The van der Waals surface area contributed by atoms with Gasteiger partial charge in [-0.25, -0.2) is 0 Å². The molecule has 1 unspecified atom stereocenters. The molecule has 1 saturated heterocycles. The summed E-state index contributed by atoms with van der Waals surface area (Å²) in [6.45, 7) is 2.26. The minimum atomic E-state index is -0.687. The Labute approximate surface area is 116 Å². The van der Waals surface area contributed by atoms with Crippen LogP contribution < -0.4 is 0 Å². The van der Waals surface area contributed by atoms with Gasteiger partial charge < -0.3 is 10.1 Å². The molecule has 0 aliphatic carbocycles. The van der Waals surface area contributed by atoms with Gasteiger partial charge in [-0.05, 0) is 30.7 Å². The van der Waals surface area contributed by atoms with Crippen LogP contribution in [-0.2, 0) is 11.3 Å². The van der Waals surface area contributed by atoms with E-state index in [4.69, 9.17) is 16.7 Å². The quantitative estimate of drug-likeness (QED) is 0.908. The van der Waals surface area contributed by atoms with Crippen LogP contribution in [0.25, 0.3) is 10.9 Å². The van der Waals surface area contributed by atoms with E-state index < -0.39 is 5.97 Å². The molecule has 0 bridgehead atoms. The van der Waals surface area contributed by atoms with Crippen LogP contribution >= 0.6 is 11.6 Å². The average molecular weight is 279 g/mol. The number of rotatable bonds is 3. The number of aromatic nitrogens is 1. The molecule has 1 atom stereocenters. The van der Waals surface area contributed by atoms with Crippen LogP contribution in [0.15, 0.2) is 24.4 Å². The van der Waals surface area contributed by atoms with Gasteiger partial charge in [-0.1, -0.05) is 17.7 Å². The summed E-state index contributed by atoms with van der Waals surface area (Å²) >= 11 is 5.96. The molecule has 1 aliphatic rings. The number of aliphatic carboxylic acids is 1. The van der Waals surface area contributed by atoms with Crippen LogP contribution in [0.3, 0.4) is 0 Å². The molecule has 100 valence electrons. The van der Waals surface area contributed by atoms with Crippen LogP contribution in [0, 0.1) is 5.92 Å². The Hall–Kier alpha value is -1.52. The molecule has 4 nitrogen and oxygen atoms in total. The summed E-state index contributed by atoms with van der Waals surface area (Å²) in [5, 5.41) is 10.9. The number of halogens is 1. The molecule has 0 radical (unpaired) electrons. The van der Waals surface area contributed by atoms with Crippen molar-refractivity contribution in [3.63, 3.8) is 0 Å². The number of H-pyrrole nitrogens is 1. The van der Waals surface area contributed by atoms with E-state index in [9.17, 15) is 4.79 Å². The standard InChI is InChI=1S/C14H15ClN2O2/c15-11-1-2-12-10(6-16-13(12)5-11)8-17-4-3-9(7-17)14(18)19/h1-2,5-6,9,16H,3-4,7-8H2,(H,18,19). The van der Waals surface area contributed by atoms with E-state index in [1.165, 1.54) is 5.56 Å². The van der Waals surface area contributed by atoms with Crippen LogP contribution in [0.5, 0.6) is 0 Å². The molecule has 1 aromatic heterocycles. The monoisotopic (exact) mass is 278 g/mol. The van der Waals surface area contributed by atoms with Gasteiger partial charge in [0.15, 0.2) is 0 Å².